The van der Waals surface area contributed by atoms with E-state index in [2.05, 4.69) is 4.72 Å². The number of carbonyl (C=O) groups is 2. The maximum atomic E-state index is 13.0. The fourth-order valence-corrected chi connectivity index (χ4v) is 7.40. The van der Waals surface area contributed by atoms with Crippen LogP contribution in [-0.4, -0.2) is 39.5 Å². The third kappa shape index (κ3) is 3.12. The highest BCUT2D eigenvalue weighted by Crippen LogP contribution is 2.64. The number of hydrogen-bond acceptors (Lipinski definition) is 5. The lowest BCUT2D eigenvalue weighted by atomic mass is 9.70. The molecule has 0 aromatic heterocycles. The molecule has 29 heavy (non-hydrogen) atoms. The molecule has 2 saturated carbocycles. The number of sulfonamides is 1. The quantitative estimate of drug-likeness (QED) is 0.764. The normalized spacial score (nSPS) is 28.2. The third-order valence-electron chi connectivity index (χ3n) is 7.39. The fraction of sp³-hybridized carbons (Fsp3) is 0.619. The fourth-order valence-electron chi connectivity index (χ4n) is 5.52. The van der Waals surface area contributed by atoms with Crippen LogP contribution in [0.3, 0.4) is 0 Å². The summed E-state index contributed by atoms with van der Waals surface area (Å²) in [6, 6.07) is 4.93. The second kappa shape index (κ2) is 6.72. The summed E-state index contributed by atoms with van der Waals surface area (Å²) in [6.07, 6.45) is 3.31. The van der Waals surface area contributed by atoms with E-state index >= 15 is 0 Å². The van der Waals surface area contributed by atoms with Gasteiger partial charge in [-0.3, -0.25) is 14.3 Å². The smallest absolute Gasteiger partial charge is 0.233 e. The van der Waals surface area contributed by atoms with E-state index in [0.29, 0.717) is 42.9 Å². The van der Waals surface area contributed by atoms with Crippen LogP contribution in [0.5, 0.6) is 5.75 Å². The molecule has 0 radical (unpaired) electrons. The van der Waals surface area contributed by atoms with Crippen LogP contribution in [0, 0.1) is 16.7 Å². The minimum Gasteiger partial charge on any atom is -0.494 e. The van der Waals surface area contributed by atoms with Gasteiger partial charge in [-0.15, -0.1) is 0 Å². The SMILES string of the molecule is COc1cc(NS(=O)(=O)C[C@@]23CC[C@@H](CC2=O)C3(C)C)ccc1N1CCCC1=O. The topological polar surface area (TPSA) is 92.8 Å². The van der Waals surface area contributed by atoms with Crippen LogP contribution in [0.25, 0.3) is 0 Å². The maximum absolute atomic E-state index is 13.0. The lowest BCUT2D eigenvalue weighted by Gasteiger charge is -2.36. The lowest BCUT2D eigenvalue weighted by molar-refractivity contribution is -0.128. The zero-order valence-corrected chi connectivity index (χ0v) is 18.0. The Balaban J connectivity index is 1.57. The molecule has 2 aliphatic carbocycles. The molecule has 1 aromatic carbocycles. The van der Waals surface area contributed by atoms with Crippen molar-refractivity contribution in [3.8, 4) is 5.75 Å². The lowest BCUT2D eigenvalue weighted by Crippen LogP contribution is -2.43. The minimum atomic E-state index is -3.74. The summed E-state index contributed by atoms with van der Waals surface area (Å²) in [5.74, 6) is 0.620. The van der Waals surface area contributed by atoms with Gasteiger partial charge >= 0.3 is 0 Å². The number of ketones is 1. The minimum absolute atomic E-state index is 0.0356. The summed E-state index contributed by atoms with van der Waals surface area (Å²) in [5, 5.41) is 0. The van der Waals surface area contributed by atoms with E-state index in [1.807, 2.05) is 13.8 Å². The van der Waals surface area contributed by atoms with E-state index in [1.54, 1.807) is 23.1 Å². The molecule has 3 fully saturated rings. The monoisotopic (exact) mass is 420 g/mol. The molecule has 3 aliphatic rings. The number of nitrogens with one attached hydrogen (secondary N) is 1. The summed E-state index contributed by atoms with van der Waals surface area (Å²) in [5.41, 5.74) is -0.111. The molecule has 158 valence electrons. The van der Waals surface area contributed by atoms with Crippen molar-refractivity contribution >= 4 is 33.1 Å². The zero-order chi connectivity index (χ0) is 21.0. The van der Waals surface area contributed by atoms with Crippen molar-refractivity contribution < 1.29 is 22.7 Å². The number of methoxy groups -OCH3 is 1. The van der Waals surface area contributed by atoms with Crippen molar-refractivity contribution in [2.75, 3.05) is 29.0 Å². The van der Waals surface area contributed by atoms with Crippen LogP contribution in [0.1, 0.15) is 46.0 Å². The van der Waals surface area contributed by atoms with Crippen LogP contribution in [0.2, 0.25) is 0 Å². The molecule has 4 rings (SSSR count). The molecule has 1 aromatic rings. The van der Waals surface area contributed by atoms with Crippen LogP contribution in [0.4, 0.5) is 11.4 Å². The van der Waals surface area contributed by atoms with Gasteiger partial charge in [-0.25, -0.2) is 8.42 Å². The van der Waals surface area contributed by atoms with Crippen molar-refractivity contribution in [2.45, 2.75) is 46.0 Å². The van der Waals surface area contributed by atoms with Gasteiger partial charge in [0, 0.05) is 25.5 Å². The number of ether oxygens (including phenoxy) is 1. The molecule has 1 aliphatic heterocycles. The largest absolute Gasteiger partial charge is 0.494 e. The molecule has 7 nitrogen and oxygen atoms in total. The number of anilines is 2. The Morgan fingerprint density at radius 3 is 2.59 bits per heavy atom. The summed E-state index contributed by atoms with van der Waals surface area (Å²) >= 11 is 0. The molecule has 0 unspecified atom stereocenters. The molecular formula is C21H28N2O5S. The van der Waals surface area contributed by atoms with Gasteiger partial charge in [0.25, 0.3) is 0 Å². The van der Waals surface area contributed by atoms with E-state index in [1.165, 1.54) is 7.11 Å². The van der Waals surface area contributed by atoms with Crippen LogP contribution < -0.4 is 14.4 Å². The molecule has 1 saturated heterocycles. The average Bonchev–Trinajstić information content (AvgIpc) is 3.22. The highest BCUT2D eigenvalue weighted by atomic mass is 32.2. The van der Waals surface area contributed by atoms with Gasteiger partial charge in [0.2, 0.25) is 15.9 Å². The second-order valence-corrected chi connectivity index (χ2v) is 10.8. The van der Waals surface area contributed by atoms with Gasteiger partial charge in [-0.1, -0.05) is 13.8 Å². The number of nitrogens with zero attached hydrogens (tertiary/aromatic N) is 1. The van der Waals surface area contributed by atoms with Crippen LogP contribution in [-0.2, 0) is 19.6 Å². The first-order valence-corrected chi connectivity index (χ1v) is 11.8. The highest BCUT2D eigenvalue weighted by molar-refractivity contribution is 7.92. The molecule has 1 N–H and O–H groups in total. The summed E-state index contributed by atoms with van der Waals surface area (Å²) in [6.45, 7) is 4.67. The van der Waals surface area contributed by atoms with Crippen molar-refractivity contribution in [1.29, 1.82) is 0 Å². The number of Topliss-reactive ketones (excluding diaryl/α,β-unsaturated/α-hetero) is 1. The molecular weight excluding hydrogens is 392 g/mol. The van der Waals surface area contributed by atoms with Crippen molar-refractivity contribution in [2.24, 2.45) is 16.7 Å². The molecule has 1 amide bonds. The number of benzene rings is 1. The van der Waals surface area contributed by atoms with E-state index in [0.717, 1.165) is 12.8 Å². The molecule has 8 heteroatoms. The molecule has 0 spiro atoms. The van der Waals surface area contributed by atoms with E-state index in [4.69, 9.17) is 4.74 Å². The Bertz CT molecular complexity index is 971. The number of amides is 1. The molecule has 2 atom stereocenters. The number of fused-ring (bicyclic) bond motifs is 2. The van der Waals surface area contributed by atoms with E-state index in [9.17, 15) is 18.0 Å². The molecule has 2 bridgehead atoms. The Labute approximate surface area is 171 Å². The van der Waals surface area contributed by atoms with Gasteiger partial charge in [0.05, 0.1) is 29.7 Å². The first-order valence-electron chi connectivity index (χ1n) is 10.1. The summed E-state index contributed by atoms with van der Waals surface area (Å²) in [4.78, 5) is 26.4. The number of hydrogen-bond donors (Lipinski definition) is 1. The predicted molar refractivity (Wildman–Crippen MR) is 111 cm³/mol. The third-order valence-corrected chi connectivity index (χ3v) is 8.81. The zero-order valence-electron chi connectivity index (χ0n) is 17.2. The first kappa shape index (κ1) is 20.2. The average molecular weight is 421 g/mol. The second-order valence-electron chi connectivity index (χ2n) is 9.06. The van der Waals surface area contributed by atoms with Crippen LogP contribution in [0.15, 0.2) is 18.2 Å². The van der Waals surface area contributed by atoms with Crippen LogP contribution >= 0.6 is 0 Å². The molecule has 1 heterocycles. The number of carbonyl (C=O) groups excluding carboxylic acids is 2. The van der Waals surface area contributed by atoms with E-state index in [-0.39, 0.29) is 28.8 Å². The Morgan fingerprint density at radius 2 is 2.03 bits per heavy atom. The maximum Gasteiger partial charge on any atom is 0.233 e. The van der Waals surface area contributed by atoms with Gasteiger partial charge in [0.15, 0.2) is 0 Å². The Hall–Kier alpha value is -2.09. The van der Waals surface area contributed by atoms with Gasteiger partial charge in [0.1, 0.15) is 11.5 Å². The first-order chi connectivity index (χ1) is 13.6. The van der Waals surface area contributed by atoms with Crippen molar-refractivity contribution in [1.82, 2.24) is 0 Å². The van der Waals surface area contributed by atoms with Crippen molar-refractivity contribution in [3.05, 3.63) is 18.2 Å². The van der Waals surface area contributed by atoms with Gasteiger partial charge in [-0.05, 0) is 42.7 Å². The summed E-state index contributed by atoms with van der Waals surface area (Å²) in [7, 11) is -2.25. The summed E-state index contributed by atoms with van der Waals surface area (Å²) < 4.78 is 34.0. The highest BCUT2D eigenvalue weighted by Gasteiger charge is 2.65. The van der Waals surface area contributed by atoms with Gasteiger partial charge < -0.3 is 9.64 Å². The predicted octanol–water partition coefficient (Wildman–Crippen LogP) is 2.96. The van der Waals surface area contributed by atoms with Crippen molar-refractivity contribution in [3.63, 3.8) is 0 Å². The van der Waals surface area contributed by atoms with E-state index < -0.39 is 15.4 Å². The Kier molecular flexibility index (Phi) is 4.68. The Morgan fingerprint density at radius 1 is 1.28 bits per heavy atom. The van der Waals surface area contributed by atoms with Gasteiger partial charge in [-0.2, -0.15) is 0 Å². The number of rotatable bonds is 6. The standard InChI is InChI=1S/C21H28N2O5S/c1-20(2)14-8-9-21(20,18(24)11-14)13-29(26,27)22-15-6-7-16(17(12-15)28-3)23-10-4-5-19(23)25/h6-7,12,14,22H,4-5,8-11,13H2,1-3H3/t14-,21-/m0/s1.